The summed E-state index contributed by atoms with van der Waals surface area (Å²) < 4.78 is 9.60. The van der Waals surface area contributed by atoms with E-state index in [2.05, 4.69) is 5.32 Å². The van der Waals surface area contributed by atoms with Gasteiger partial charge in [0.25, 0.3) is 5.56 Å². The van der Waals surface area contributed by atoms with Crippen LogP contribution in [0.2, 0.25) is 0 Å². The first kappa shape index (κ1) is 25.9. The Bertz CT molecular complexity index is 1770. The van der Waals surface area contributed by atoms with E-state index in [0.717, 1.165) is 16.8 Å². The number of benzene rings is 3. The van der Waals surface area contributed by atoms with Crippen LogP contribution < -0.4 is 15.6 Å². The zero-order valence-corrected chi connectivity index (χ0v) is 23.4. The molecule has 0 bridgehead atoms. The van der Waals surface area contributed by atoms with E-state index >= 15 is 0 Å². The van der Waals surface area contributed by atoms with Gasteiger partial charge in [-0.05, 0) is 73.6 Å². The predicted octanol–water partition coefficient (Wildman–Crippen LogP) is 6.32. The number of fused-ring (bicyclic) bond motifs is 1. The molecule has 3 aromatic carbocycles. The Morgan fingerprint density at radius 1 is 1.00 bits per heavy atom. The number of nitrogens with zero attached hydrogens (tertiary/aromatic N) is 3. The lowest BCUT2D eigenvalue weighted by molar-refractivity contribution is -0.113. The van der Waals surface area contributed by atoms with Gasteiger partial charge in [0.1, 0.15) is 10.4 Å². The number of methoxy groups -OCH3 is 1. The third-order valence-electron chi connectivity index (χ3n) is 6.03. The zero-order chi connectivity index (χ0) is 26.8. The highest BCUT2D eigenvalue weighted by Gasteiger charge is 2.20. The highest BCUT2D eigenvalue weighted by Crippen LogP contribution is 2.28. The average molecular weight is 561 g/mol. The molecule has 1 amide bonds. The molecule has 0 saturated carbocycles. The number of hydrogen-bond donors (Lipinski definition) is 1. The molecule has 0 spiro atoms. The number of para-hydroxylation sites is 1. The van der Waals surface area contributed by atoms with Gasteiger partial charge < -0.3 is 10.1 Å². The van der Waals surface area contributed by atoms with Crippen LogP contribution in [0.5, 0.6) is 5.75 Å². The number of rotatable bonds is 7. The van der Waals surface area contributed by atoms with Gasteiger partial charge in [0.2, 0.25) is 5.91 Å². The third-order valence-corrected chi connectivity index (χ3v) is 8.32. The zero-order valence-electron chi connectivity index (χ0n) is 20.9. The molecule has 0 aliphatic carbocycles. The van der Waals surface area contributed by atoms with Gasteiger partial charge in [0, 0.05) is 17.4 Å². The number of thiazole rings is 1. The third kappa shape index (κ3) is 5.15. The molecule has 38 heavy (non-hydrogen) atoms. The number of nitrogens with one attached hydrogen (secondary N) is 1. The van der Waals surface area contributed by atoms with Crippen LogP contribution in [0, 0.1) is 17.8 Å². The van der Waals surface area contributed by atoms with Crippen LogP contribution in [0.3, 0.4) is 0 Å². The Labute approximate surface area is 232 Å². The number of amides is 1. The smallest absolute Gasteiger partial charge is 0.278 e. The van der Waals surface area contributed by atoms with E-state index in [-0.39, 0.29) is 17.2 Å². The van der Waals surface area contributed by atoms with Crippen molar-refractivity contribution in [2.75, 3.05) is 18.2 Å². The number of aromatic nitrogens is 3. The minimum Gasteiger partial charge on any atom is -0.497 e. The number of carbonyl (C=O) groups excluding carboxylic acids is 1. The first-order valence-electron chi connectivity index (χ1n) is 11.7. The van der Waals surface area contributed by atoms with Gasteiger partial charge in [-0.3, -0.25) is 18.7 Å². The van der Waals surface area contributed by atoms with E-state index < -0.39 is 0 Å². The number of ether oxygens (including phenoxy) is 1. The molecule has 0 saturated heterocycles. The van der Waals surface area contributed by atoms with Crippen LogP contribution in [0.25, 0.3) is 21.7 Å². The summed E-state index contributed by atoms with van der Waals surface area (Å²) in [7, 11) is 1.57. The predicted molar refractivity (Wildman–Crippen MR) is 157 cm³/mol. The van der Waals surface area contributed by atoms with Gasteiger partial charge in [0.15, 0.2) is 14.8 Å². The molecule has 1 N–H and O–H groups in total. The van der Waals surface area contributed by atoms with Crippen molar-refractivity contribution >= 4 is 57.3 Å². The number of hydrogen-bond acceptors (Lipinski definition) is 7. The van der Waals surface area contributed by atoms with E-state index in [4.69, 9.17) is 21.9 Å². The lowest BCUT2D eigenvalue weighted by Gasteiger charge is -2.13. The second kappa shape index (κ2) is 10.9. The molecular weight excluding hydrogens is 537 g/mol. The molecule has 0 aliphatic rings. The number of anilines is 1. The summed E-state index contributed by atoms with van der Waals surface area (Å²) in [4.78, 5) is 31.6. The summed E-state index contributed by atoms with van der Waals surface area (Å²) in [5, 5.41) is 3.28. The van der Waals surface area contributed by atoms with Crippen LogP contribution in [-0.2, 0) is 4.79 Å². The summed E-state index contributed by atoms with van der Waals surface area (Å²) >= 11 is 8.12. The van der Waals surface area contributed by atoms with Gasteiger partial charge in [0.05, 0.1) is 18.6 Å². The van der Waals surface area contributed by atoms with Crippen molar-refractivity contribution in [2.45, 2.75) is 19.0 Å². The van der Waals surface area contributed by atoms with Gasteiger partial charge in [-0.25, -0.2) is 4.98 Å². The highest BCUT2D eigenvalue weighted by molar-refractivity contribution is 7.99. The summed E-state index contributed by atoms with van der Waals surface area (Å²) in [6.45, 7) is 4.08. The summed E-state index contributed by atoms with van der Waals surface area (Å²) in [5.74, 6) is 0.471. The lowest BCUT2D eigenvalue weighted by Crippen LogP contribution is -2.22. The normalized spacial score (nSPS) is 11.0. The second-order valence-electron chi connectivity index (χ2n) is 8.56. The summed E-state index contributed by atoms with van der Waals surface area (Å²) in [5.41, 5.74) is 4.68. The van der Waals surface area contributed by atoms with Crippen molar-refractivity contribution in [1.29, 1.82) is 0 Å². The number of carbonyl (C=O) groups is 1. The first-order valence-corrected chi connectivity index (χ1v) is 13.9. The molecule has 2 aromatic heterocycles. The van der Waals surface area contributed by atoms with E-state index in [1.54, 1.807) is 35.9 Å². The Balaban J connectivity index is 1.58. The van der Waals surface area contributed by atoms with Gasteiger partial charge >= 0.3 is 0 Å². The summed E-state index contributed by atoms with van der Waals surface area (Å²) in [6.07, 6.45) is 0. The fourth-order valence-corrected chi connectivity index (χ4v) is 6.06. The minimum absolute atomic E-state index is 0.0521. The number of thioether (sulfide) groups is 1. The molecule has 0 radical (unpaired) electrons. The van der Waals surface area contributed by atoms with Gasteiger partial charge in [-0.1, -0.05) is 53.4 Å². The summed E-state index contributed by atoms with van der Waals surface area (Å²) in [6, 6.07) is 22.5. The fraction of sp³-hybridized carbons (Fsp3) is 0.143. The topological polar surface area (TPSA) is 78.2 Å². The second-order valence-corrected chi connectivity index (χ2v) is 11.2. The first-order chi connectivity index (χ1) is 18.4. The van der Waals surface area contributed by atoms with Gasteiger partial charge in [-0.15, -0.1) is 0 Å². The largest absolute Gasteiger partial charge is 0.497 e. The van der Waals surface area contributed by atoms with Crippen molar-refractivity contribution in [1.82, 2.24) is 14.1 Å². The minimum atomic E-state index is -0.228. The van der Waals surface area contributed by atoms with E-state index in [1.807, 2.05) is 66.9 Å². The highest BCUT2D eigenvalue weighted by atomic mass is 32.2. The molecule has 0 atom stereocenters. The molecule has 192 valence electrons. The Kier molecular flexibility index (Phi) is 7.46. The van der Waals surface area contributed by atoms with E-state index in [9.17, 15) is 9.59 Å². The molecule has 5 aromatic rings. The monoisotopic (exact) mass is 560 g/mol. The van der Waals surface area contributed by atoms with Crippen LogP contribution in [0.4, 0.5) is 5.69 Å². The Morgan fingerprint density at radius 3 is 2.53 bits per heavy atom. The molecule has 0 fully saturated rings. The van der Waals surface area contributed by atoms with Crippen molar-refractivity contribution in [3.63, 3.8) is 0 Å². The van der Waals surface area contributed by atoms with Crippen LogP contribution in [0.15, 0.2) is 82.7 Å². The molecule has 7 nitrogen and oxygen atoms in total. The quantitative estimate of drug-likeness (QED) is 0.143. The van der Waals surface area contributed by atoms with Crippen LogP contribution in [-0.4, -0.2) is 32.9 Å². The average Bonchev–Trinajstić information content (AvgIpc) is 3.25. The van der Waals surface area contributed by atoms with Crippen molar-refractivity contribution < 1.29 is 9.53 Å². The number of aryl methyl sites for hydroxylation is 2. The molecular formula is C28H24N4O3S3. The SMILES string of the molecule is COc1cccc(NC(=O)CSc2nc3c(sc(=S)n3-c3ccc(C)c(C)c3)c(=O)n2-c2ccccc2)c1. The van der Waals surface area contributed by atoms with Gasteiger partial charge in [-0.2, -0.15) is 0 Å². The maximum absolute atomic E-state index is 13.8. The fourth-order valence-electron chi connectivity index (χ4n) is 3.96. The molecule has 10 heteroatoms. The Hall–Kier alpha value is -3.73. The van der Waals surface area contributed by atoms with Crippen molar-refractivity contribution in [3.8, 4) is 17.1 Å². The van der Waals surface area contributed by atoms with E-state index in [0.29, 0.717) is 36.6 Å². The molecule has 5 rings (SSSR count). The van der Waals surface area contributed by atoms with Crippen LogP contribution >= 0.6 is 35.3 Å². The molecule has 0 aliphatic heterocycles. The van der Waals surface area contributed by atoms with Crippen LogP contribution in [0.1, 0.15) is 11.1 Å². The Morgan fingerprint density at radius 2 is 1.79 bits per heavy atom. The maximum atomic E-state index is 13.8. The molecule has 2 heterocycles. The maximum Gasteiger partial charge on any atom is 0.278 e. The standard InChI is InChI=1S/C28H24N4O3S3/c1-17-12-13-21(14-18(17)2)31-25-24(38-28(31)36)26(34)32(20-9-5-4-6-10-20)27(30-25)37-16-23(33)29-19-8-7-11-22(15-19)35-3/h4-15H,16H2,1-3H3,(H,29,33). The van der Waals surface area contributed by atoms with Crippen molar-refractivity contribution in [2.24, 2.45) is 0 Å². The molecule has 0 unspecified atom stereocenters. The van der Waals surface area contributed by atoms with E-state index in [1.165, 1.54) is 23.1 Å². The lowest BCUT2D eigenvalue weighted by atomic mass is 10.1. The van der Waals surface area contributed by atoms with Crippen molar-refractivity contribution in [3.05, 3.63) is 98.2 Å².